The number of carbonyl (C=O) groups excluding carboxylic acids is 4. The van der Waals surface area contributed by atoms with Gasteiger partial charge in [0.25, 0.3) is 11.8 Å². The van der Waals surface area contributed by atoms with E-state index < -0.39 is 62.7 Å². The SMILES string of the molecule is CCc1ccc(N2C(=O)[C@H]3[C@H](CC=C4[C@H]3C[C@@]3(Cl)C(=O)N(CBr)C(=O)[C@@]3(Cl)[C@H]4c3ccc(O)c(F)c3)C2=O)cc1. The van der Waals surface area contributed by atoms with Gasteiger partial charge in [0.15, 0.2) is 21.3 Å². The number of aromatic hydroxyl groups is 1. The highest BCUT2D eigenvalue weighted by atomic mass is 79.9. The van der Waals surface area contributed by atoms with E-state index in [-0.39, 0.29) is 29.8 Å². The number of carbonyl (C=O) groups is 4. The van der Waals surface area contributed by atoms with Crippen LogP contribution in [0.4, 0.5) is 10.1 Å². The Labute approximate surface area is 248 Å². The van der Waals surface area contributed by atoms with Crippen LogP contribution in [0.25, 0.3) is 0 Å². The average molecular weight is 650 g/mol. The van der Waals surface area contributed by atoms with Crippen molar-refractivity contribution < 1.29 is 28.7 Å². The molecule has 2 aromatic carbocycles. The minimum atomic E-state index is -2.03. The molecular weight excluding hydrogens is 626 g/mol. The van der Waals surface area contributed by atoms with Crippen LogP contribution in [0.15, 0.2) is 54.1 Å². The summed E-state index contributed by atoms with van der Waals surface area (Å²) in [4.78, 5) is 53.0. The molecule has 4 aliphatic rings. The lowest BCUT2D eigenvalue weighted by atomic mass is 9.56. The lowest BCUT2D eigenvalue weighted by molar-refractivity contribution is -0.138. The third-order valence-corrected chi connectivity index (χ3v) is 10.8. The number of phenols is 1. The number of amides is 4. The second-order valence-electron chi connectivity index (χ2n) is 10.7. The molecule has 7 nitrogen and oxygen atoms in total. The molecule has 0 radical (unpaired) electrons. The number of likely N-dealkylation sites (tertiary alicyclic amines) is 1. The summed E-state index contributed by atoms with van der Waals surface area (Å²) < 4.78 is 14.6. The fourth-order valence-electron chi connectivity index (χ4n) is 6.96. The molecule has 11 heteroatoms. The number of phenolic OH excluding ortho intramolecular Hbond substituents is 1. The third kappa shape index (κ3) is 3.46. The van der Waals surface area contributed by atoms with Crippen LogP contribution >= 0.6 is 39.1 Å². The number of benzene rings is 2. The maximum Gasteiger partial charge on any atom is 0.254 e. The molecular formula is C29H24BrCl2FN2O5. The minimum Gasteiger partial charge on any atom is -0.505 e. The van der Waals surface area contributed by atoms with Gasteiger partial charge >= 0.3 is 0 Å². The molecule has 1 saturated carbocycles. The van der Waals surface area contributed by atoms with Crippen LogP contribution in [0.5, 0.6) is 5.75 Å². The molecule has 2 heterocycles. The molecule has 4 amide bonds. The van der Waals surface area contributed by atoms with Gasteiger partial charge in [-0.25, -0.2) is 4.39 Å². The standard InChI is InChI=1S/C29H24BrCl2FN2O5/c1-2-14-3-6-16(7-4-14)35-24(37)18-9-8-17-19(22(18)25(35)38)12-28(31)26(39)34(13-30)27(40)29(28,32)23(17)15-5-10-21(36)20(33)11-15/h3-8,10-11,18-19,22-23,36H,2,9,12-13H2,1H3/t18-,19+,22-,23-,28+,29-/m0/s1. The Kier molecular flexibility index (Phi) is 6.44. The van der Waals surface area contributed by atoms with E-state index in [1.807, 2.05) is 19.1 Å². The zero-order valence-electron chi connectivity index (χ0n) is 21.2. The zero-order valence-corrected chi connectivity index (χ0v) is 24.3. The first kappa shape index (κ1) is 27.4. The first-order valence-corrected chi connectivity index (χ1v) is 14.8. The fourth-order valence-corrected chi connectivity index (χ4v) is 8.39. The number of aryl methyl sites for hydroxylation is 1. The van der Waals surface area contributed by atoms with Gasteiger partial charge in [0, 0.05) is 5.92 Å². The van der Waals surface area contributed by atoms with Crippen molar-refractivity contribution in [2.75, 3.05) is 10.4 Å². The van der Waals surface area contributed by atoms with Gasteiger partial charge in [-0.1, -0.05) is 52.7 Å². The van der Waals surface area contributed by atoms with Crippen molar-refractivity contribution >= 4 is 68.4 Å². The van der Waals surface area contributed by atoms with Crippen molar-refractivity contribution in [1.82, 2.24) is 4.90 Å². The van der Waals surface area contributed by atoms with Gasteiger partial charge in [-0.15, -0.1) is 23.2 Å². The van der Waals surface area contributed by atoms with E-state index in [1.54, 1.807) is 18.2 Å². The monoisotopic (exact) mass is 648 g/mol. The predicted molar refractivity (Wildman–Crippen MR) is 150 cm³/mol. The van der Waals surface area contributed by atoms with Gasteiger partial charge in [0.1, 0.15) is 0 Å². The number of allylic oxidation sites excluding steroid dienone is 2. The fraction of sp³-hybridized carbons (Fsp3) is 0.379. The summed E-state index contributed by atoms with van der Waals surface area (Å²) in [5.74, 6) is -7.09. The van der Waals surface area contributed by atoms with E-state index in [1.165, 1.54) is 11.0 Å². The molecule has 6 rings (SSSR count). The molecule has 2 aliphatic heterocycles. The van der Waals surface area contributed by atoms with Crippen LogP contribution in [-0.2, 0) is 25.6 Å². The number of nitrogens with zero attached hydrogens (tertiary/aromatic N) is 2. The molecule has 0 spiro atoms. The predicted octanol–water partition coefficient (Wildman–Crippen LogP) is 5.01. The summed E-state index contributed by atoms with van der Waals surface area (Å²) in [7, 11) is 0. The van der Waals surface area contributed by atoms with Crippen molar-refractivity contribution in [3.8, 4) is 5.75 Å². The van der Waals surface area contributed by atoms with Crippen LogP contribution in [-0.4, -0.2) is 48.8 Å². The Morgan fingerprint density at radius 2 is 1.73 bits per heavy atom. The Bertz CT molecular complexity index is 1520. The Balaban J connectivity index is 1.50. The maximum atomic E-state index is 14.6. The first-order chi connectivity index (χ1) is 19.0. The number of hydrogen-bond acceptors (Lipinski definition) is 5. The number of anilines is 1. The highest BCUT2D eigenvalue weighted by molar-refractivity contribution is 9.09. The summed E-state index contributed by atoms with van der Waals surface area (Å²) in [5, 5.41) is 9.84. The third-order valence-electron chi connectivity index (χ3n) is 8.92. The Hall–Kier alpha value is -2.75. The first-order valence-electron chi connectivity index (χ1n) is 12.9. The molecule has 0 bridgehead atoms. The number of halogens is 4. The molecule has 3 fully saturated rings. The number of fused-ring (bicyclic) bond motifs is 4. The van der Waals surface area contributed by atoms with E-state index in [0.29, 0.717) is 11.3 Å². The normalized spacial score (nSPS) is 33.2. The van der Waals surface area contributed by atoms with E-state index in [2.05, 4.69) is 15.9 Å². The molecule has 2 aromatic rings. The van der Waals surface area contributed by atoms with Crippen molar-refractivity contribution in [2.45, 2.75) is 41.9 Å². The molecule has 2 saturated heterocycles. The summed E-state index contributed by atoms with van der Waals surface area (Å²) in [5.41, 5.74) is 2.15. The van der Waals surface area contributed by atoms with Gasteiger partial charge in [-0.2, -0.15) is 0 Å². The highest BCUT2D eigenvalue weighted by Gasteiger charge is 2.76. The number of alkyl halides is 3. The van der Waals surface area contributed by atoms with Crippen LogP contribution in [0.1, 0.15) is 36.8 Å². The summed E-state index contributed by atoms with van der Waals surface area (Å²) in [6.45, 7) is 2.01. The van der Waals surface area contributed by atoms with Crippen LogP contribution in [0.3, 0.4) is 0 Å². The number of hydrogen-bond donors (Lipinski definition) is 1. The summed E-state index contributed by atoms with van der Waals surface area (Å²) in [6.07, 6.45) is 2.63. The van der Waals surface area contributed by atoms with Gasteiger partial charge in [-0.05, 0) is 60.6 Å². The largest absolute Gasteiger partial charge is 0.505 e. The summed E-state index contributed by atoms with van der Waals surface area (Å²) in [6, 6.07) is 10.8. The molecule has 1 N–H and O–H groups in total. The smallest absolute Gasteiger partial charge is 0.254 e. The van der Waals surface area contributed by atoms with Crippen LogP contribution in [0.2, 0.25) is 0 Å². The molecule has 0 aromatic heterocycles. The van der Waals surface area contributed by atoms with Crippen molar-refractivity contribution in [3.05, 3.63) is 71.1 Å². The molecule has 6 atom stereocenters. The molecule has 0 unspecified atom stereocenters. The minimum absolute atomic E-state index is 0.154. The number of rotatable bonds is 4. The van der Waals surface area contributed by atoms with Gasteiger partial charge in [-0.3, -0.25) is 29.0 Å². The average Bonchev–Trinajstić information content (AvgIpc) is 3.28. The van der Waals surface area contributed by atoms with Gasteiger partial charge in [0.05, 0.1) is 23.0 Å². The van der Waals surface area contributed by atoms with E-state index >= 15 is 0 Å². The quantitative estimate of drug-likeness (QED) is 0.218. The maximum absolute atomic E-state index is 14.6. The summed E-state index contributed by atoms with van der Waals surface area (Å²) >= 11 is 17.4. The van der Waals surface area contributed by atoms with Crippen molar-refractivity contribution in [3.63, 3.8) is 0 Å². The number of imide groups is 2. The van der Waals surface area contributed by atoms with Gasteiger partial charge in [0.2, 0.25) is 11.8 Å². The van der Waals surface area contributed by atoms with E-state index in [0.717, 1.165) is 29.0 Å². The second kappa shape index (κ2) is 9.39. The second-order valence-corrected chi connectivity index (χ2v) is 12.5. The van der Waals surface area contributed by atoms with Crippen molar-refractivity contribution in [2.24, 2.45) is 17.8 Å². The van der Waals surface area contributed by atoms with E-state index in [4.69, 9.17) is 23.2 Å². The Morgan fingerprint density at radius 3 is 2.35 bits per heavy atom. The lowest BCUT2D eigenvalue weighted by Gasteiger charge is -2.50. The molecule has 40 heavy (non-hydrogen) atoms. The molecule has 208 valence electrons. The Morgan fingerprint density at radius 1 is 1.02 bits per heavy atom. The zero-order chi connectivity index (χ0) is 28.7. The topological polar surface area (TPSA) is 95.0 Å². The van der Waals surface area contributed by atoms with E-state index in [9.17, 15) is 28.7 Å². The highest BCUT2D eigenvalue weighted by Crippen LogP contribution is 2.65. The van der Waals surface area contributed by atoms with Crippen molar-refractivity contribution in [1.29, 1.82) is 0 Å². The lowest BCUT2D eigenvalue weighted by Crippen LogP contribution is -2.60. The van der Waals surface area contributed by atoms with Crippen LogP contribution in [0, 0.1) is 23.6 Å². The molecule has 2 aliphatic carbocycles. The van der Waals surface area contributed by atoms with Crippen LogP contribution < -0.4 is 4.90 Å². The van der Waals surface area contributed by atoms with Gasteiger partial charge < -0.3 is 5.11 Å².